The minimum absolute atomic E-state index is 0.0802. The summed E-state index contributed by atoms with van der Waals surface area (Å²) >= 11 is 6.25. The molecule has 36 heavy (non-hydrogen) atoms. The van der Waals surface area contributed by atoms with Gasteiger partial charge in [-0.05, 0) is 76.3 Å². The summed E-state index contributed by atoms with van der Waals surface area (Å²) < 4.78 is 7.18. The molecule has 1 aliphatic carbocycles. The predicted octanol–water partition coefficient (Wildman–Crippen LogP) is 5.89. The Kier molecular flexibility index (Phi) is 8.03. The lowest BCUT2D eigenvalue weighted by atomic mass is 9.86. The molecule has 0 radical (unpaired) electrons. The van der Waals surface area contributed by atoms with Gasteiger partial charge in [-0.3, -0.25) is 9.36 Å². The first kappa shape index (κ1) is 26.2. The highest BCUT2D eigenvalue weighted by atomic mass is 35.5. The second-order valence-electron chi connectivity index (χ2n) is 10.7. The molecule has 3 aromatic rings. The minimum Gasteiger partial charge on any atom is -0.444 e. The number of nitrogens with one attached hydrogen (secondary N) is 2. The monoisotopic (exact) mass is 513 g/mol. The Morgan fingerprint density at radius 3 is 2.61 bits per heavy atom. The molecule has 4 rings (SSSR count). The van der Waals surface area contributed by atoms with Crippen molar-refractivity contribution in [3.05, 3.63) is 39.8 Å². The average molecular weight is 514 g/mol. The average Bonchev–Trinajstić information content (AvgIpc) is 2.82. The Hall–Kier alpha value is -2.87. The quantitative estimate of drug-likeness (QED) is 0.302. The van der Waals surface area contributed by atoms with Gasteiger partial charge in [0.2, 0.25) is 5.95 Å². The Labute approximate surface area is 216 Å². The van der Waals surface area contributed by atoms with E-state index in [1.165, 1.54) is 0 Å². The van der Waals surface area contributed by atoms with Crippen LogP contribution in [0.5, 0.6) is 0 Å². The molecule has 1 amide bonds. The van der Waals surface area contributed by atoms with E-state index in [1.807, 2.05) is 26.8 Å². The minimum atomic E-state index is -0.519. The van der Waals surface area contributed by atoms with Crippen molar-refractivity contribution in [2.75, 3.05) is 11.9 Å². The van der Waals surface area contributed by atoms with Crippen molar-refractivity contribution in [3.8, 4) is 0 Å². The number of alkyl carbamates (subject to hydrolysis) is 1. The smallest absolute Gasteiger partial charge is 0.407 e. The third kappa shape index (κ3) is 6.27. The highest BCUT2D eigenvalue weighted by molar-refractivity contribution is 6.31. The number of benzene rings is 1. The van der Waals surface area contributed by atoms with Crippen LogP contribution >= 0.6 is 11.6 Å². The van der Waals surface area contributed by atoms with Crippen LogP contribution in [-0.4, -0.2) is 38.8 Å². The zero-order valence-corrected chi connectivity index (χ0v) is 22.3. The van der Waals surface area contributed by atoms with Crippen molar-refractivity contribution in [1.82, 2.24) is 19.9 Å². The Morgan fingerprint density at radius 2 is 1.92 bits per heavy atom. The number of anilines is 1. The van der Waals surface area contributed by atoms with Crippen molar-refractivity contribution >= 4 is 45.4 Å². The largest absolute Gasteiger partial charge is 0.444 e. The van der Waals surface area contributed by atoms with E-state index in [-0.39, 0.29) is 17.7 Å². The molecular formula is C27H36ClN5O3. The van der Waals surface area contributed by atoms with Crippen LogP contribution in [0.3, 0.4) is 0 Å². The lowest BCUT2D eigenvalue weighted by Crippen LogP contribution is -2.41. The molecule has 1 aromatic carbocycles. The first-order valence-electron chi connectivity index (χ1n) is 12.9. The van der Waals surface area contributed by atoms with Gasteiger partial charge < -0.3 is 15.4 Å². The van der Waals surface area contributed by atoms with Gasteiger partial charge in [0, 0.05) is 41.1 Å². The Morgan fingerprint density at radius 1 is 1.17 bits per heavy atom. The second kappa shape index (κ2) is 11.0. The number of ether oxygens (including phenoxy) is 1. The van der Waals surface area contributed by atoms with Crippen LogP contribution in [0.2, 0.25) is 5.02 Å². The van der Waals surface area contributed by atoms with Crippen molar-refractivity contribution in [2.45, 2.75) is 84.4 Å². The van der Waals surface area contributed by atoms with Crippen LogP contribution in [-0.2, 0) is 11.3 Å². The summed E-state index contributed by atoms with van der Waals surface area (Å²) in [6.07, 6.45) is 6.99. The molecule has 2 aromatic heterocycles. The molecule has 0 atom stereocenters. The Balaban J connectivity index is 1.58. The predicted molar refractivity (Wildman–Crippen MR) is 145 cm³/mol. The van der Waals surface area contributed by atoms with E-state index < -0.39 is 5.60 Å². The first-order valence-corrected chi connectivity index (χ1v) is 13.2. The third-order valence-corrected chi connectivity index (χ3v) is 6.83. The van der Waals surface area contributed by atoms with Gasteiger partial charge in [-0.1, -0.05) is 31.0 Å². The van der Waals surface area contributed by atoms with Gasteiger partial charge >= 0.3 is 6.09 Å². The topological polar surface area (TPSA) is 98.1 Å². The van der Waals surface area contributed by atoms with Crippen LogP contribution in [0, 0.1) is 5.92 Å². The van der Waals surface area contributed by atoms with Gasteiger partial charge in [-0.15, -0.1) is 0 Å². The second-order valence-corrected chi connectivity index (χ2v) is 11.1. The highest BCUT2D eigenvalue weighted by Gasteiger charge is 2.26. The van der Waals surface area contributed by atoms with Gasteiger partial charge in [-0.25, -0.2) is 9.78 Å². The summed E-state index contributed by atoms with van der Waals surface area (Å²) in [7, 11) is 0. The summed E-state index contributed by atoms with van der Waals surface area (Å²) in [6, 6.07) is 5.47. The van der Waals surface area contributed by atoms with Crippen molar-refractivity contribution in [3.63, 3.8) is 0 Å². The van der Waals surface area contributed by atoms with Crippen LogP contribution < -0.4 is 16.2 Å². The summed E-state index contributed by atoms with van der Waals surface area (Å²) in [5.74, 6) is 0.827. The summed E-state index contributed by atoms with van der Waals surface area (Å²) in [5, 5.41) is 9.01. The number of carbonyl (C=O) groups excluding carboxylic acids is 1. The van der Waals surface area contributed by atoms with E-state index in [4.69, 9.17) is 21.3 Å². The number of amides is 1. The van der Waals surface area contributed by atoms with Gasteiger partial charge in [-0.2, -0.15) is 4.98 Å². The number of rotatable bonds is 7. The molecule has 1 saturated carbocycles. The van der Waals surface area contributed by atoms with Crippen LogP contribution in [0.1, 0.15) is 66.2 Å². The number of hydrogen-bond acceptors (Lipinski definition) is 6. The normalized spacial score (nSPS) is 18.4. The standard InChI is InChI=1S/C27H36ClN5O3/c1-5-6-13-29-25-30-15-22-20-12-9-18(28)14-21(20)24(34)33(23(22)32-25)16-17-7-10-19(11-8-17)31-26(35)36-27(2,3)4/h9,12,14-15,17,19H,5-8,10-11,13,16H2,1-4H3,(H,31,35)(H,29,30,32). The molecule has 1 fully saturated rings. The van der Waals surface area contributed by atoms with Gasteiger partial charge in [0.15, 0.2) is 0 Å². The van der Waals surface area contributed by atoms with E-state index in [0.717, 1.165) is 55.8 Å². The van der Waals surface area contributed by atoms with E-state index in [2.05, 4.69) is 22.5 Å². The molecular weight excluding hydrogens is 478 g/mol. The van der Waals surface area contributed by atoms with E-state index in [9.17, 15) is 9.59 Å². The number of hydrogen-bond donors (Lipinski definition) is 2. The number of pyridine rings is 1. The number of unbranched alkanes of at least 4 members (excludes halogenated alkanes) is 1. The maximum Gasteiger partial charge on any atom is 0.407 e. The lowest BCUT2D eigenvalue weighted by Gasteiger charge is -2.30. The number of fused-ring (bicyclic) bond motifs is 3. The van der Waals surface area contributed by atoms with Crippen molar-refractivity contribution in [1.29, 1.82) is 0 Å². The number of carbonyl (C=O) groups is 1. The molecule has 0 saturated heterocycles. The Bertz CT molecular complexity index is 1290. The highest BCUT2D eigenvalue weighted by Crippen LogP contribution is 2.29. The fourth-order valence-corrected chi connectivity index (χ4v) is 4.96. The number of halogens is 1. The zero-order valence-electron chi connectivity index (χ0n) is 21.6. The van der Waals surface area contributed by atoms with E-state index >= 15 is 0 Å². The van der Waals surface area contributed by atoms with E-state index in [1.54, 1.807) is 22.9 Å². The summed E-state index contributed by atoms with van der Waals surface area (Å²) in [6.45, 7) is 9.05. The van der Waals surface area contributed by atoms with Crippen LogP contribution in [0.25, 0.3) is 21.8 Å². The van der Waals surface area contributed by atoms with Crippen LogP contribution in [0.4, 0.5) is 10.7 Å². The third-order valence-electron chi connectivity index (χ3n) is 6.59. The van der Waals surface area contributed by atoms with Gasteiger partial charge in [0.05, 0.1) is 0 Å². The molecule has 0 spiro atoms. The SMILES string of the molecule is CCCCNc1ncc2c3ccc(Cl)cc3c(=O)n(CC3CCC(NC(=O)OC(C)(C)C)CC3)c2n1. The lowest BCUT2D eigenvalue weighted by molar-refractivity contribution is 0.0486. The number of aromatic nitrogens is 3. The molecule has 2 heterocycles. The molecule has 9 heteroatoms. The van der Waals surface area contributed by atoms with Gasteiger partial charge in [0.25, 0.3) is 5.56 Å². The van der Waals surface area contributed by atoms with Crippen molar-refractivity contribution < 1.29 is 9.53 Å². The number of nitrogens with zero attached hydrogens (tertiary/aromatic N) is 3. The van der Waals surface area contributed by atoms with Crippen molar-refractivity contribution in [2.24, 2.45) is 5.92 Å². The van der Waals surface area contributed by atoms with Gasteiger partial charge in [0.1, 0.15) is 11.2 Å². The first-order chi connectivity index (χ1) is 17.1. The fraction of sp³-hybridized carbons (Fsp3) is 0.556. The maximum atomic E-state index is 13.6. The molecule has 1 aliphatic rings. The zero-order chi connectivity index (χ0) is 25.9. The maximum absolute atomic E-state index is 13.6. The molecule has 0 aliphatic heterocycles. The fourth-order valence-electron chi connectivity index (χ4n) is 4.79. The summed E-state index contributed by atoms with van der Waals surface area (Å²) in [4.78, 5) is 35.1. The van der Waals surface area contributed by atoms with Crippen LogP contribution in [0.15, 0.2) is 29.2 Å². The summed E-state index contributed by atoms with van der Waals surface area (Å²) in [5.41, 5.74) is 0.0271. The molecule has 0 bridgehead atoms. The molecule has 8 nitrogen and oxygen atoms in total. The van der Waals surface area contributed by atoms with E-state index in [0.29, 0.717) is 34.5 Å². The molecule has 194 valence electrons. The molecule has 2 N–H and O–H groups in total. The molecule has 0 unspecified atom stereocenters.